The van der Waals surface area contributed by atoms with Crippen LogP contribution in [0, 0.1) is 5.92 Å². The van der Waals surface area contributed by atoms with E-state index >= 15 is 0 Å². The molecule has 1 fully saturated rings. The summed E-state index contributed by atoms with van der Waals surface area (Å²) in [6.45, 7) is 3.54. The van der Waals surface area contributed by atoms with E-state index in [9.17, 15) is 9.59 Å². The first kappa shape index (κ1) is 11.6. The van der Waals surface area contributed by atoms with Crippen LogP contribution in [0.3, 0.4) is 0 Å². The third-order valence-electron chi connectivity index (χ3n) is 2.47. The fourth-order valence-corrected chi connectivity index (χ4v) is 1.76. The third-order valence-corrected chi connectivity index (χ3v) is 2.47. The second kappa shape index (κ2) is 5.38. The topological polar surface area (TPSA) is 75.6 Å². The van der Waals surface area contributed by atoms with Gasteiger partial charge in [-0.25, -0.2) is 4.79 Å². The molecular formula is C10H15NO4. The summed E-state index contributed by atoms with van der Waals surface area (Å²) >= 11 is 0. The lowest BCUT2D eigenvalue weighted by Crippen LogP contribution is -2.40. The van der Waals surface area contributed by atoms with Crippen LogP contribution in [0.5, 0.6) is 0 Å². The summed E-state index contributed by atoms with van der Waals surface area (Å²) in [4.78, 5) is 22.0. The molecule has 0 aromatic rings. The predicted octanol–water partition coefficient (Wildman–Crippen LogP) is 1.15. The SMILES string of the molecule is C=CCOC(=O)N[C@H]1CCC[C@@H]1C(=O)O. The molecule has 0 aliphatic heterocycles. The van der Waals surface area contributed by atoms with E-state index in [1.165, 1.54) is 6.08 Å². The van der Waals surface area contributed by atoms with Gasteiger partial charge >= 0.3 is 12.1 Å². The van der Waals surface area contributed by atoms with E-state index < -0.39 is 18.0 Å². The Balaban J connectivity index is 2.39. The smallest absolute Gasteiger partial charge is 0.407 e. The van der Waals surface area contributed by atoms with Gasteiger partial charge in [0.2, 0.25) is 0 Å². The number of carbonyl (C=O) groups excluding carboxylic acids is 1. The van der Waals surface area contributed by atoms with Crippen molar-refractivity contribution in [2.45, 2.75) is 25.3 Å². The minimum Gasteiger partial charge on any atom is -0.481 e. The highest BCUT2D eigenvalue weighted by Gasteiger charge is 2.34. The maximum atomic E-state index is 11.2. The lowest BCUT2D eigenvalue weighted by molar-refractivity contribution is -0.142. The Bertz CT molecular complexity index is 264. The van der Waals surface area contributed by atoms with Gasteiger partial charge in [0, 0.05) is 6.04 Å². The Morgan fingerprint density at radius 3 is 2.87 bits per heavy atom. The standard InChI is InChI=1S/C10H15NO4/c1-2-6-15-10(14)11-8-5-3-4-7(8)9(12)13/h2,7-8H,1,3-6H2,(H,11,14)(H,12,13)/t7-,8-/m0/s1. The summed E-state index contributed by atoms with van der Waals surface area (Å²) in [5.41, 5.74) is 0. The molecule has 84 valence electrons. The van der Waals surface area contributed by atoms with Gasteiger partial charge in [0.15, 0.2) is 0 Å². The monoisotopic (exact) mass is 213 g/mol. The summed E-state index contributed by atoms with van der Waals surface area (Å²) in [5, 5.41) is 11.4. The molecule has 15 heavy (non-hydrogen) atoms. The van der Waals surface area contributed by atoms with Crippen molar-refractivity contribution in [2.75, 3.05) is 6.61 Å². The fraction of sp³-hybridized carbons (Fsp3) is 0.600. The molecule has 0 radical (unpaired) electrons. The van der Waals surface area contributed by atoms with Crippen molar-refractivity contribution in [3.8, 4) is 0 Å². The quantitative estimate of drug-likeness (QED) is 0.687. The van der Waals surface area contributed by atoms with Crippen molar-refractivity contribution < 1.29 is 19.4 Å². The minimum absolute atomic E-state index is 0.135. The molecule has 0 spiro atoms. The Hall–Kier alpha value is -1.52. The molecule has 0 aromatic heterocycles. The van der Waals surface area contributed by atoms with Gasteiger partial charge in [-0.15, -0.1) is 0 Å². The molecule has 5 nitrogen and oxygen atoms in total. The number of carbonyl (C=O) groups is 2. The number of carboxylic acids is 1. The Kier molecular flexibility index (Phi) is 4.15. The van der Waals surface area contributed by atoms with Crippen molar-refractivity contribution >= 4 is 12.1 Å². The molecule has 1 aliphatic carbocycles. The van der Waals surface area contributed by atoms with Crippen LogP contribution in [-0.2, 0) is 9.53 Å². The summed E-state index contributed by atoms with van der Waals surface area (Å²) in [7, 11) is 0. The van der Waals surface area contributed by atoms with Crippen molar-refractivity contribution in [1.29, 1.82) is 0 Å². The van der Waals surface area contributed by atoms with Crippen LogP contribution in [-0.4, -0.2) is 29.8 Å². The number of alkyl carbamates (subject to hydrolysis) is 1. The molecule has 0 aromatic carbocycles. The normalized spacial score (nSPS) is 24.5. The zero-order chi connectivity index (χ0) is 11.3. The molecule has 1 saturated carbocycles. The number of ether oxygens (including phenoxy) is 1. The van der Waals surface area contributed by atoms with Crippen LogP contribution >= 0.6 is 0 Å². The zero-order valence-corrected chi connectivity index (χ0v) is 8.44. The summed E-state index contributed by atoms with van der Waals surface area (Å²) < 4.78 is 4.72. The van der Waals surface area contributed by atoms with Gasteiger partial charge in [-0.2, -0.15) is 0 Å². The van der Waals surface area contributed by atoms with Gasteiger partial charge in [-0.1, -0.05) is 19.1 Å². The van der Waals surface area contributed by atoms with Crippen molar-refractivity contribution in [2.24, 2.45) is 5.92 Å². The summed E-state index contributed by atoms with van der Waals surface area (Å²) in [5.74, 6) is -1.34. The Morgan fingerprint density at radius 2 is 2.27 bits per heavy atom. The van der Waals surface area contributed by atoms with E-state index in [4.69, 9.17) is 9.84 Å². The van der Waals surface area contributed by atoms with Crippen molar-refractivity contribution in [3.63, 3.8) is 0 Å². The van der Waals surface area contributed by atoms with E-state index in [2.05, 4.69) is 11.9 Å². The minimum atomic E-state index is -0.860. The van der Waals surface area contributed by atoms with Gasteiger partial charge in [0.25, 0.3) is 0 Å². The Labute approximate surface area is 88.1 Å². The first-order valence-corrected chi connectivity index (χ1v) is 4.92. The number of nitrogens with one attached hydrogen (secondary N) is 1. The van der Waals surface area contributed by atoms with E-state index in [1.54, 1.807) is 0 Å². The number of hydrogen-bond donors (Lipinski definition) is 2. The number of amides is 1. The van der Waals surface area contributed by atoms with Gasteiger partial charge < -0.3 is 15.2 Å². The van der Waals surface area contributed by atoms with Crippen LogP contribution in [0.2, 0.25) is 0 Å². The lowest BCUT2D eigenvalue weighted by atomic mass is 10.0. The lowest BCUT2D eigenvalue weighted by Gasteiger charge is -2.16. The van der Waals surface area contributed by atoms with Gasteiger partial charge in [0.1, 0.15) is 6.61 Å². The zero-order valence-electron chi connectivity index (χ0n) is 8.44. The average molecular weight is 213 g/mol. The molecule has 1 aliphatic rings. The number of rotatable bonds is 4. The van der Waals surface area contributed by atoms with E-state index in [1.807, 2.05) is 0 Å². The van der Waals surface area contributed by atoms with Gasteiger partial charge in [-0.3, -0.25) is 4.79 Å². The highest BCUT2D eigenvalue weighted by molar-refractivity contribution is 5.74. The predicted molar refractivity (Wildman–Crippen MR) is 53.4 cm³/mol. The van der Waals surface area contributed by atoms with E-state index in [-0.39, 0.29) is 12.6 Å². The summed E-state index contributed by atoms with van der Waals surface area (Å²) in [6.07, 6.45) is 3.02. The number of aliphatic carboxylic acids is 1. The maximum absolute atomic E-state index is 11.2. The van der Waals surface area contributed by atoms with Crippen LogP contribution in [0.1, 0.15) is 19.3 Å². The van der Waals surface area contributed by atoms with E-state index in [0.29, 0.717) is 12.8 Å². The molecule has 0 unspecified atom stereocenters. The second-order valence-electron chi connectivity index (χ2n) is 3.51. The highest BCUT2D eigenvalue weighted by atomic mass is 16.5. The van der Waals surface area contributed by atoms with Gasteiger partial charge in [0.05, 0.1) is 5.92 Å². The van der Waals surface area contributed by atoms with Gasteiger partial charge in [-0.05, 0) is 12.8 Å². The molecule has 0 heterocycles. The molecule has 5 heteroatoms. The fourth-order valence-electron chi connectivity index (χ4n) is 1.76. The number of hydrogen-bond acceptors (Lipinski definition) is 3. The number of carboxylic acid groups (broad SMARTS) is 1. The van der Waals surface area contributed by atoms with Crippen LogP contribution < -0.4 is 5.32 Å². The van der Waals surface area contributed by atoms with Crippen molar-refractivity contribution in [3.05, 3.63) is 12.7 Å². The van der Waals surface area contributed by atoms with Crippen LogP contribution in [0.25, 0.3) is 0 Å². The van der Waals surface area contributed by atoms with E-state index in [0.717, 1.165) is 6.42 Å². The van der Waals surface area contributed by atoms with Crippen LogP contribution in [0.4, 0.5) is 4.79 Å². The Morgan fingerprint density at radius 1 is 1.53 bits per heavy atom. The maximum Gasteiger partial charge on any atom is 0.407 e. The average Bonchev–Trinajstić information content (AvgIpc) is 2.62. The highest BCUT2D eigenvalue weighted by Crippen LogP contribution is 2.25. The molecule has 2 atom stereocenters. The van der Waals surface area contributed by atoms with Crippen LogP contribution in [0.15, 0.2) is 12.7 Å². The molecule has 0 saturated heterocycles. The molecular weight excluding hydrogens is 198 g/mol. The first-order valence-electron chi connectivity index (χ1n) is 4.92. The van der Waals surface area contributed by atoms with Crippen molar-refractivity contribution in [1.82, 2.24) is 5.32 Å². The largest absolute Gasteiger partial charge is 0.481 e. The molecule has 1 amide bonds. The summed E-state index contributed by atoms with van der Waals surface area (Å²) in [6, 6.07) is -0.306. The second-order valence-corrected chi connectivity index (χ2v) is 3.51. The first-order chi connectivity index (χ1) is 7.15. The third kappa shape index (κ3) is 3.27. The molecule has 2 N–H and O–H groups in total. The molecule has 0 bridgehead atoms. The molecule has 1 rings (SSSR count).